The number of benzene rings is 1. The number of carbonyl (C=O) groups excluding carboxylic acids is 2. The van der Waals surface area contributed by atoms with Crippen LogP contribution in [0.15, 0.2) is 24.3 Å². The van der Waals surface area contributed by atoms with Crippen molar-refractivity contribution in [2.75, 3.05) is 6.54 Å². The summed E-state index contributed by atoms with van der Waals surface area (Å²) in [6.45, 7) is 0.0564. The second kappa shape index (κ2) is 8.22. The van der Waals surface area contributed by atoms with Crippen LogP contribution in [-0.4, -0.2) is 18.4 Å². The van der Waals surface area contributed by atoms with Gasteiger partial charge in [-0.1, -0.05) is 43.0 Å². The molecule has 25 heavy (non-hydrogen) atoms. The first kappa shape index (κ1) is 18.2. The lowest BCUT2D eigenvalue weighted by atomic mass is 9.72. The molecular formula is C20H27ClN2O2. The molecule has 3 rings (SSSR count). The van der Waals surface area contributed by atoms with Gasteiger partial charge >= 0.3 is 0 Å². The first-order valence-electron chi connectivity index (χ1n) is 9.41. The molecule has 0 atom stereocenters. The Balaban J connectivity index is 1.47. The third kappa shape index (κ3) is 4.75. The summed E-state index contributed by atoms with van der Waals surface area (Å²) in [4.78, 5) is 24.4. The first-order chi connectivity index (χ1) is 12.1. The van der Waals surface area contributed by atoms with Crippen molar-refractivity contribution in [3.05, 3.63) is 34.9 Å². The zero-order valence-electron chi connectivity index (χ0n) is 14.7. The quantitative estimate of drug-likeness (QED) is 0.805. The van der Waals surface area contributed by atoms with Crippen molar-refractivity contribution in [3.8, 4) is 0 Å². The number of hydrogen-bond acceptors (Lipinski definition) is 2. The number of amides is 2. The molecule has 0 aliphatic heterocycles. The number of carbonyl (C=O) groups is 2. The van der Waals surface area contributed by atoms with Gasteiger partial charge in [0, 0.05) is 11.4 Å². The van der Waals surface area contributed by atoms with Crippen LogP contribution in [0.2, 0.25) is 5.02 Å². The maximum Gasteiger partial charge on any atom is 0.240 e. The molecular weight excluding hydrogens is 336 g/mol. The summed E-state index contributed by atoms with van der Waals surface area (Å²) in [5.74, 6) is 0.367. The fraction of sp³-hybridized carbons (Fsp3) is 0.600. The Morgan fingerprint density at radius 2 is 1.68 bits per heavy atom. The number of nitrogens with one attached hydrogen (secondary N) is 2. The van der Waals surface area contributed by atoms with Crippen LogP contribution in [0.4, 0.5) is 0 Å². The Morgan fingerprint density at radius 1 is 1.00 bits per heavy atom. The van der Waals surface area contributed by atoms with Crippen LogP contribution in [0, 0.1) is 5.92 Å². The second-order valence-electron chi connectivity index (χ2n) is 7.48. The highest BCUT2D eigenvalue weighted by Gasteiger charge is 2.39. The van der Waals surface area contributed by atoms with Crippen LogP contribution in [0.5, 0.6) is 0 Å². The van der Waals surface area contributed by atoms with E-state index in [2.05, 4.69) is 10.6 Å². The molecule has 5 heteroatoms. The summed E-state index contributed by atoms with van der Waals surface area (Å²) >= 11 is 5.96. The van der Waals surface area contributed by atoms with Crippen LogP contribution in [0.1, 0.15) is 63.4 Å². The van der Waals surface area contributed by atoms with Gasteiger partial charge in [-0.2, -0.15) is 0 Å². The average Bonchev–Trinajstić information content (AvgIpc) is 2.58. The van der Waals surface area contributed by atoms with Crippen LogP contribution >= 0.6 is 11.6 Å². The van der Waals surface area contributed by atoms with Crippen molar-refractivity contribution in [2.24, 2.45) is 5.92 Å². The van der Waals surface area contributed by atoms with Gasteiger partial charge in [-0.25, -0.2) is 0 Å². The summed E-state index contributed by atoms with van der Waals surface area (Å²) in [7, 11) is 0. The van der Waals surface area contributed by atoms with E-state index in [1.165, 1.54) is 19.3 Å². The summed E-state index contributed by atoms with van der Waals surface area (Å²) in [5.41, 5.74) is 0.792. The van der Waals surface area contributed by atoms with E-state index in [1.807, 2.05) is 24.3 Å². The van der Waals surface area contributed by atoms with E-state index in [0.29, 0.717) is 17.4 Å². The minimum absolute atomic E-state index is 0.00352. The van der Waals surface area contributed by atoms with Gasteiger partial charge in [0.2, 0.25) is 11.8 Å². The molecule has 0 aromatic heterocycles. The topological polar surface area (TPSA) is 58.2 Å². The van der Waals surface area contributed by atoms with Crippen molar-refractivity contribution in [2.45, 2.75) is 63.3 Å². The van der Waals surface area contributed by atoms with Gasteiger partial charge in [0.15, 0.2) is 0 Å². The van der Waals surface area contributed by atoms with E-state index in [1.54, 1.807) is 0 Å². The summed E-state index contributed by atoms with van der Waals surface area (Å²) in [6, 6.07) is 7.66. The fourth-order valence-electron chi connectivity index (χ4n) is 4.00. The molecule has 2 saturated carbocycles. The molecule has 4 nitrogen and oxygen atoms in total. The predicted octanol–water partition coefficient (Wildman–Crippen LogP) is 3.92. The Bertz CT molecular complexity index is 605. The normalized spacial score (nSPS) is 19.7. The molecule has 0 unspecified atom stereocenters. The summed E-state index contributed by atoms with van der Waals surface area (Å²) in [5, 5.41) is 6.61. The van der Waals surface area contributed by atoms with E-state index in [0.717, 1.165) is 37.7 Å². The van der Waals surface area contributed by atoms with Crippen LogP contribution < -0.4 is 10.6 Å². The monoisotopic (exact) mass is 362 g/mol. The minimum Gasteiger partial charge on any atom is -0.347 e. The highest BCUT2D eigenvalue weighted by molar-refractivity contribution is 6.30. The van der Waals surface area contributed by atoms with E-state index < -0.39 is 0 Å². The highest BCUT2D eigenvalue weighted by atomic mass is 35.5. The largest absolute Gasteiger partial charge is 0.347 e. The third-order valence-corrected chi connectivity index (χ3v) is 5.88. The first-order valence-corrected chi connectivity index (χ1v) is 9.79. The molecule has 2 fully saturated rings. The zero-order valence-corrected chi connectivity index (χ0v) is 15.4. The highest BCUT2D eigenvalue weighted by Crippen LogP contribution is 2.41. The Hall–Kier alpha value is -1.55. The van der Waals surface area contributed by atoms with Crippen molar-refractivity contribution in [3.63, 3.8) is 0 Å². The van der Waals surface area contributed by atoms with Crippen molar-refractivity contribution < 1.29 is 9.59 Å². The number of hydrogen-bond donors (Lipinski definition) is 2. The van der Waals surface area contributed by atoms with Gasteiger partial charge in [-0.3, -0.25) is 9.59 Å². The second-order valence-corrected chi connectivity index (χ2v) is 7.91. The molecule has 0 spiro atoms. The molecule has 2 N–H and O–H groups in total. The van der Waals surface area contributed by atoms with Crippen molar-refractivity contribution in [1.29, 1.82) is 0 Å². The molecule has 0 radical (unpaired) electrons. The fourth-order valence-corrected chi connectivity index (χ4v) is 4.13. The number of halogens is 1. The Kier molecular flexibility index (Phi) is 6.00. The van der Waals surface area contributed by atoms with Crippen LogP contribution in [-0.2, 0) is 15.1 Å². The van der Waals surface area contributed by atoms with E-state index in [4.69, 9.17) is 11.6 Å². The third-order valence-electron chi connectivity index (χ3n) is 5.63. The maximum atomic E-state index is 12.3. The molecule has 0 saturated heterocycles. The van der Waals surface area contributed by atoms with Crippen molar-refractivity contribution >= 4 is 23.4 Å². The van der Waals surface area contributed by atoms with Gasteiger partial charge in [0.25, 0.3) is 0 Å². The molecule has 0 heterocycles. The minimum atomic E-state index is -0.296. The lowest BCUT2D eigenvalue weighted by Crippen LogP contribution is -2.53. The van der Waals surface area contributed by atoms with Gasteiger partial charge in [-0.05, 0) is 55.7 Å². The molecule has 0 bridgehead atoms. The van der Waals surface area contributed by atoms with Crippen LogP contribution in [0.3, 0.4) is 0 Å². The maximum absolute atomic E-state index is 12.3. The number of rotatable bonds is 6. The van der Waals surface area contributed by atoms with Gasteiger partial charge in [0.1, 0.15) is 0 Å². The average molecular weight is 363 g/mol. The Labute approximate surface area is 154 Å². The molecule has 136 valence electrons. The van der Waals surface area contributed by atoms with E-state index in [9.17, 15) is 9.59 Å². The lowest BCUT2D eigenvalue weighted by Gasteiger charge is -2.43. The Morgan fingerprint density at radius 3 is 2.28 bits per heavy atom. The molecule has 1 aromatic rings. The van der Waals surface area contributed by atoms with Crippen molar-refractivity contribution in [1.82, 2.24) is 10.6 Å². The van der Waals surface area contributed by atoms with Gasteiger partial charge in [-0.15, -0.1) is 0 Å². The van der Waals surface area contributed by atoms with Gasteiger partial charge in [0.05, 0.1) is 12.1 Å². The van der Waals surface area contributed by atoms with E-state index >= 15 is 0 Å². The molecule has 2 aliphatic carbocycles. The van der Waals surface area contributed by atoms with Crippen LogP contribution in [0.25, 0.3) is 0 Å². The predicted molar refractivity (Wildman–Crippen MR) is 99.3 cm³/mol. The standard InChI is InChI=1S/C20H27ClN2O2/c21-17-9-7-16(8-10-17)20(11-4-12-20)23-19(25)14-22-18(24)13-15-5-2-1-3-6-15/h7-10,15H,1-6,11-14H2,(H,22,24)(H,23,25). The van der Waals surface area contributed by atoms with Gasteiger partial charge < -0.3 is 10.6 Å². The smallest absolute Gasteiger partial charge is 0.240 e. The summed E-state index contributed by atoms with van der Waals surface area (Å²) in [6.07, 6.45) is 9.51. The molecule has 2 aliphatic rings. The molecule has 2 amide bonds. The zero-order chi connectivity index (χ0) is 17.7. The SMILES string of the molecule is O=C(CC1CCCCC1)NCC(=O)NC1(c2ccc(Cl)cc2)CCC1. The molecule has 1 aromatic carbocycles. The lowest BCUT2D eigenvalue weighted by molar-refractivity contribution is -0.128. The van der Waals surface area contributed by atoms with E-state index in [-0.39, 0.29) is 23.9 Å². The summed E-state index contributed by atoms with van der Waals surface area (Å²) < 4.78 is 0.